The van der Waals surface area contributed by atoms with Crippen LogP contribution in [0.15, 0.2) is 4.99 Å². The van der Waals surface area contributed by atoms with Crippen molar-refractivity contribution in [3.05, 3.63) is 0 Å². The number of hydrogen-bond donors (Lipinski definition) is 0. The maximum absolute atomic E-state index is 5.00. The molecule has 0 spiro atoms. The molecule has 0 atom stereocenters. The summed E-state index contributed by atoms with van der Waals surface area (Å²) in [5, 5.41) is 0. The van der Waals surface area contributed by atoms with E-state index in [1.807, 2.05) is 6.92 Å². The van der Waals surface area contributed by atoms with Gasteiger partial charge in [-0.3, -0.25) is 4.99 Å². The van der Waals surface area contributed by atoms with Crippen molar-refractivity contribution in [3.8, 4) is 0 Å². The van der Waals surface area contributed by atoms with Gasteiger partial charge >= 0.3 is 0 Å². The molecule has 0 amide bonds. The maximum Gasteiger partial charge on any atom is 0.185 e. The minimum Gasteiger partial charge on any atom is -0.484 e. The SMILES string of the molecule is CCN=C(OC)C(C)C. The van der Waals surface area contributed by atoms with Gasteiger partial charge in [-0.1, -0.05) is 13.8 Å². The van der Waals surface area contributed by atoms with E-state index in [1.54, 1.807) is 7.11 Å². The molecule has 0 bridgehead atoms. The van der Waals surface area contributed by atoms with E-state index in [2.05, 4.69) is 18.8 Å². The van der Waals surface area contributed by atoms with E-state index in [0.717, 1.165) is 12.4 Å². The quantitative estimate of drug-likeness (QED) is 0.411. The van der Waals surface area contributed by atoms with Crippen LogP contribution in [0.3, 0.4) is 0 Å². The minimum atomic E-state index is 0.412. The predicted octanol–water partition coefficient (Wildman–Crippen LogP) is 1.71. The Hall–Kier alpha value is -0.530. The lowest BCUT2D eigenvalue weighted by atomic mass is 10.2. The zero-order valence-electron chi connectivity index (χ0n) is 6.64. The highest BCUT2D eigenvalue weighted by molar-refractivity contribution is 5.77. The summed E-state index contributed by atoms with van der Waals surface area (Å²) >= 11 is 0. The Morgan fingerprint density at radius 2 is 2.11 bits per heavy atom. The summed E-state index contributed by atoms with van der Waals surface area (Å²) in [5.74, 6) is 1.26. The first-order chi connectivity index (χ1) is 4.22. The van der Waals surface area contributed by atoms with E-state index in [4.69, 9.17) is 4.74 Å². The van der Waals surface area contributed by atoms with Crippen molar-refractivity contribution >= 4 is 5.90 Å². The van der Waals surface area contributed by atoms with Crippen LogP contribution in [0.2, 0.25) is 0 Å². The third kappa shape index (κ3) is 3.12. The van der Waals surface area contributed by atoms with Crippen molar-refractivity contribution in [2.45, 2.75) is 20.8 Å². The van der Waals surface area contributed by atoms with Crippen LogP contribution in [-0.4, -0.2) is 19.6 Å². The molecule has 0 heterocycles. The number of aliphatic imine (C=N–C) groups is 1. The molecule has 0 N–H and O–H groups in total. The normalized spacial score (nSPS) is 12.3. The van der Waals surface area contributed by atoms with Gasteiger partial charge in [0.05, 0.1) is 7.11 Å². The first-order valence-electron chi connectivity index (χ1n) is 3.30. The number of ether oxygens (including phenoxy) is 1. The summed E-state index contributed by atoms with van der Waals surface area (Å²) in [7, 11) is 1.66. The van der Waals surface area contributed by atoms with E-state index >= 15 is 0 Å². The second-order valence-corrected chi connectivity index (χ2v) is 2.17. The minimum absolute atomic E-state index is 0.412. The van der Waals surface area contributed by atoms with E-state index in [-0.39, 0.29) is 0 Å². The summed E-state index contributed by atoms with van der Waals surface area (Å²) in [6, 6.07) is 0. The van der Waals surface area contributed by atoms with Gasteiger partial charge in [-0.25, -0.2) is 0 Å². The largest absolute Gasteiger partial charge is 0.484 e. The monoisotopic (exact) mass is 129 g/mol. The van der Waals surface area contributed by atoms with Gasteiger partial charge in [0.1, 0.15) is 0 Å². The van der Waals surface area contributed by atoms with Gasteiger partial charge in [-0.15, -0.1) is 0 Å². The van der Waals surface area contributed by atoms with Crippen LogP contribution in [0.4, 0.5) is 0 Å². The first-order valence-corrected chi connectivity index (χ1v) is 3.30. The van der Waals surface area contributed by atoms with Crippen molar-refractivity contribution < 1.29 is 4.74 Å². The summed E-state index contributed by atoms with van der Waals surface area (Å²) in [5.41, 5.74) is 0. The Morgan fingerprint density at radius 1 is 1.56 bits per heavy atom. The van der Waals surface area contributed by atoms with Gasteiger partial charge in [0.2, 0.25) is 0 Å². The molecular weight excluding hydrogens is 114 g/mol. The van der Waals surface area contributed by atoms with Gasteiger partial charge in [0, 0.05) is 12.5 Å². The van der Waals surface area contributed by atoms with Crippen molar-refractivity contribution in [2.75, 3.05) is 13.7 Å². The number of hydrogen-bond acceptors (Lipinski definition) is 2. The molecular formula is C7H15NO. The van der Waals surface area contributed by atoms with Crippen LogP contribution in [0.25, 0.3) is 0 Å². The Balaban J connectivity index is 3.81. The van der Waals surface area contributed by atoms with Gasteiger partial charge < -0.3 is 4.74 Å². The second kappa shape index (κ2) is 4.36. The first kappa shape index (κ1) is 8.47. The highest BCUT2D eigenvalue weighted by Gasteiger charge is 2.01. The molecule has 0 unspecified atom stereocenters. The highest BCUT2D eigenvalue weighted by atomic mass is 16.5. The van der Waals surface area contributed by atoms with Crippen molar-refractivity contribution in [1.29, 1.82) is 0 Å². The Bertz CT molecular complexity index is 97.1. The van der Waals surface area contributed by atoms with Crippen LogP contribution in [0, 0.1) is 5.92 Å². The molecule has 0 aliphatic rings. The maximum atomic E-state index is 5.00. The Labute approximate surface area is 56.9 Å². The van der Waals surface area contributed by atoms with Crippen LogP contribution >= 0.6 is 0 Å². The van der Waals surface area contributed by atoms with Gasteiger partial charge in [0.25, 0.3) is 0 Å². The molecule has 0 radical (unpaired) electrons. The van der Waals surface area contributed by atoms with Gasteiger partial charge in [-0.05, 0) is 6.92 Å². The predicted molar refractivity (Wildman–Crippen MR) is 39.8 cm³/mol. The third-order valence-corrected chi connectivity index (χ3v) is 1.02. The number of nitrogens with zero attached hydrogens (tertiary/aromatic N) is 1. The molecule has 0 aromatic carbocycles. The Morgan fingerprint density at radius 3 is 2.22 bits per heavy atom. The van der Waals surface area contributed by atoms with Crippen LogP contribution in [-0.2, 0) is 4.74 Å². The molecule has 0 saturated carbocycles. The second-order valence-electron chi connectivity index (χ2n) is 2.17. The fraction of sp³-hybridized carbons (Fsp3) is 0.857. The molecule has 0 fully saturated rings. The molecule has 0 aromatic rings. The molecule has 9 heavy (non-hydrogen) atoms. The third-order valence-electron chi connectivity index (χ3n) is 1.02. The van der Waals surface area contributed by atoms with E-state index in [0.29, 0.717) is 5.92 Å². The lowest BCUT2D eigenvalue weighted by Gasteiger charge is -2.06. The zero-order valence-corrected chi connectivity index (χ0v) is 6.64. The van der Waals surface area contributed by atoms with E-state index < -0.39 is 0 Å². The summed E-state index contributed by atoms with van der Waals surface area (Å²) < 4.78 is 5.00. The molecule has 2 nitrogen and oxygen atoms in total. The molecule has 0 aliphatic heterocycles. The zero-order chi connectivity index (χ0) is 7.28. The van der Waals surface area contributed by atoms with Crippen LogP contribution in [0.1, 0.15) is 20.8 Å². The molecule has 0 aliphatic carbocycles. The average molecular weight is 129 g/mol. The van der Waals surface area contributed by atoms with Crippen molar-refractivity contribution in [3.63, 3.8) is 0 Å². The van der Waals surface area contributed by atoms with Gasteiger partial charge in [-0.2, -0.15) is 0 Å². The lowest BCUT2D eigenvalue weighted by Crippen LogP contribution is -2.09. The molecule has 0 aromatic heterocycles. The molecule has 54 valence electrons. The van der Waals surface area contributed by atoms with Crippen LogP contribution in [0.5, 0.6) is 0 Å². The number of rotatable bonds is 2. The highest BCUT2D eigenvalue weighted by Crippen LogP contribution is 1.96. The van der Waals surface area contributed by atoms with Gasteiger partial charge in [0.15, 0.2) is 5.90 Å². The van der Waals surface area contributed by atoms with E-state index in [9.17, 15) is 0 Å². The average Bonchev–Trinajstić information content (AvgIpc) is 1.82. The Kier molecular flexibility index (Phi) is 4.10. The topological polar surface area (TPSA) is 21.6 Å². The number of methoxy groups -OCH3 is 1. The summed E-state index contributed by atoms with van der Waals surface area (Å²) in [6.45, 7) is 6.94. The molecule has 0 rings (SSSR count). The summed E-state index contributed by atoms with van der Waals surface area (Å²) in [4.78, 5) is 4.14. The fourth-order valence-electron chi connectivity index (χ4n) is 0.639. The fourth-order valence-corrected chi connectivity index (χ4v) is 0.639. The lowest BCUT2D eigenvalue weighted by molar-refractivity contribution is 0.373. The standard InChI is InChI=1S/C7H15NO/c1-5-8-7(9-4)6(2)3/h6H,5H2,1-4H3. The van der Waals surface area contributed by atoms with Crippen molar-refractivity contribution in [1.82, 2.24) is 0 Å². The van der Waals surface area contributed by atoms with Crippen LogP contribution < -0.4 is 0 Å². The summed E-state index contributed by atoms with van der Waals surface area (Å²) in [6.07, 6.45) is 0. The van der Waals surface area contributed by atoms with Crippen molar-refractivity contribution in [2.24, 2.45) is 10.9 Å². The van der Waals surface area contributed by atoms with E-state index in [1.165, 1.54) is 0 Å². The molecule has 2 heteroatoms. The smallest absolute Gasteiger partial charge is 0.185 e. The molecule has 0 saturated heterocycles.